The quantitative estimate of drug-likeness (QED) is 0.595. The summed E-state index contributed by atoms with van der Waals surface area (Å²) in [6.45, 7) is 4.23. The van der Waals surface area contributed by atoms with E-state index in [1.807, 2.05) is 23.1 Å². The highest BCUT2D eigenvalue weighted by molar-refractivity contribution is 6.13. The van der Waals surface area contributed by atoms with Crippen molar-refractivity contribution in [3.8, 4) is 0 Å². The number of aliphatic carboxylic acids is 1. The van der Waals surface area contributed by atoms with E-state index in [1.54, 1.807) is 30.3 Å². The van der Waals surface area contributed by atoms with Gasteiger partial charge in [0.15, 0.2) is 5.78 Å². The molecule has 6 nitrogen and oxygen atoms in total. The molecule has 0 unspecified atom stereocenters. The highest BCUT2D eigenvalue weighted by Crippen LogP contribution is 2.31. The van der Waals surface area contributed by atoms with Crippen LogP contribution in [0.3, 0.4) is 0 Å². The molecule has 1 N–H and O–H groups in total. The molecule has 148 valence electrons. The summed E-state index contributed by atoms with van der Waals surface area (Å²) in [4.78, 5) is 41.4. The number of fused-ring (bicyclic) bond motifs is 1. The van der Waals surface area contributed by atoms with Crippen molar-refractivity contribution in [1.82, 2.24) is 0 Å². The molecule has 1 heterocycles. The molecule has 29 heavy (non-hydrogen) atoms. The third kappa shape index (κ3) is 4.66. The predicted octanol–water partition coefficient (Wildman–Crippen LogP) is 4.00. The molecule has 0 atom stereocenters. The molecule has 0 spiro atoms. The number of aliphatic imine (C=N–C) groups is 1. The summed E-state index contributed by atoms with van der Waals surface area (Å²) in [5, 5.41) is 8.81. The van der Waals surface area contributed by atoms with Crippen LogP contribution in [0.25, 0.3) is 6.08 Å². The maximum Gasteiger partial charge on any atom is 0.328 e. The molecule has 0 saturated carbocycles. The van der Waals surface area contributed by atoms with Crippen LogP contribution in [0.5, 0.6) is 0 Å². The number of carbonyl (C=O) groups is 3. The lowest BCUT2D eigenvalue weighted by atomic mass is 10.1. The normalized spacial score (nSPS) is 14.4. The number of nitrogens with zero attached hydrogens (tertiary/aromatic N) is 2. The Morgan fingerprint density at radius 1 is 1.14 bits per heavy atom. The predicted molar refractivity (Wildman–Crippen MR) is 113 cm³/mol. The van der Waals surface area contributed by atoms with E-state index >= 15 is 0 Å². The number of Topliss-reactive ketones (excluding diaryl/α,β-unsaturated/α-hetero) is 1. The lowest BCUT2D eigenvalue weighted by Crippen LogP contribution is -2.28. The summed E-state index contributed by atoms with van der Waals surface area (Å²) in [6.07, 6.45) is 4.01. The summed E-state index contributed by atoms with van der Waals surface area (Å²) >= 11 is 0. The average Bonchev–Trinajstić information content (AvgIpc) is 3.03. The number of benzene rings is 2. The summed E-state index contributed by atoms with van der Waals surface area (Å²) in [6, 6.07) is 12.3. The van der Waals surface area contributed by atoms with Crippen LogP contribution in [0.1, 0.15) is 52.1 Å². The number of carbonyl (C=O) groups excluding carboxylic acids is 2. The molecule has 6 heteroatoms. The Balaban J connectivity index is 1.91. The van der Waals surface area contributed by atoms with Gasteiger partial charge in [-0.2, -0.15) is 4.99 Å². The number of amidine groups is 1. The van der Waals surface area contributed by atoms with E-state index in [4.69, 9.17) is 5.11 Å². The van der Waals surface area contributed by atoms with Crippen molar-refractivity contribution < 1.29 is 19.5 Å². The lowest BCUT2D eigenvalue weighted by Gasteiger charge is -2.19. The number of hydrogen-bond donors (Lipinski definition) is 1. The number of carboxylic acids is 1. The monoisotopic (exact) mass is 390 g/mol. The first-order chi connectivity index (χ1) is 13.9. The van der Waals surface area contributed by atoms with Gasteiger partial charge in [0.25, 0.3) is 5.91 Å². The van der Waals surface area contributed by atoms with Crippen LogP contribution in [0.2, 0.25) is 0 Å². The Labute approximate surface area is 169 Å². The summed E-state index contributed by atoms with van der Waals surface area (Å²) < 4.78 is 0. The fourth-order valence-electron chi connectivity index (χ4n) is 3.31. The number of rotatable bonds is 6. The van der Waals surface area contributed by atoms with Gasteiger partial charge in [0.05, 0.1) is 0 Å². The number of ketones is 1. The number of anilines is 1. The summed E-state index contributed by atoms with van der Waals surface area (Å²) in [5.41, 5.74) is 3.61. The van der Waals surface area contributed by atoms with E-state index in [-0.39, 0.29) is 11.7 Å². The Kier molecular flexibility index (Phi) is 6.02. The van der Waals surface area contributed by atoms with E-state index < -0.39 is 5.97 Å². The minimum Gasteiger partial charge on any atom is -0.478 e. The SMILES string of the molecule is CCCN1C(=NC(=O)c2cccc(C(C)=O)c2)Cc2cc(/C=C/C(=O)O)ccc21. The van der Waals surface area contributed by atoms with Crippen LogP contribution in [-0.4, -0.2) is 35.1 Å². The van der Waals surface area contributed by atoms with Gasteiger partial charge >= 0.3 is 5.97 Å². The van der Waals surface area contributed by atoms with Crippen molar-refractivity contribution in [2.45, 2.75) is 26.7 Å². The highest BCUT2D eigenvalue weighted by Gasteiger charge is 2.26. The zero-order chi connectivity index (χ0) is 21.0. The maximum absolute atomic E-state index is 12.7. The van der Waals surface area contributed by atoms with Crippen LogP contribution in [-0.2, 0) is 11.2 Å². The zero-order valence-electron chi connectivity index (χ0n) is 16.4. The highest BCUT2D eigenvalue weighted by atomic mass is 16.4. The van der Waals surface area contributed by atoms with E-state index in [0.29, 0.717) is 23.4 Å². The Bertz CT molecular complexity index is 1040. The van der Waals surface area contributed by atoms with Crippen LogP contribution >= 0.6 is 0 Å². The molecule has 1 aliphatic rings. The summed E-state index contributed by atoms with van der Waals surface area (Å²) in [7, 11) is 0. The smallest absolute Gasteiger partial charge is 0.328 e. The maximum atomic E-state index is 12.7. The van der Waals surface area contributed by atoms with E-state index in [2.05, 4.69) is 11.9 Å². The minimum absolute atomic E-state index is 0.102. The number of carboxylic acid groups (broad SMARTS) is 1. The molecule has 1 amide bonds. The first-order valence-corrected chi connectivity index (χ1v) is 9.43. The van der Waals surface area contributed by atoms with Gasteiger partial charge in [0.1, 0.15) is 5.84 Å². The second-order valence-corrected chi connectivity index (χ2v) is 6.86. The van der Waals surface area contributed by atoms with Crippen LogP contribution in [0.4, 0.5) is 5.69 Å². The Morgan fingerprint density at radius 2 is 1.90 bits per heavy atom. The largest absolute Gasteiger partial charge is 0.478 e. The van der Waals surface area contributed by atoms with Gasteiger partial charge in [-0.05, 0) is 54.8 Å². The standard InChI is InChI=1S/C23H22N2O4/c1-3-11-25-20-9-7-16(8-10-22(27)28)12-19(20)14-21(25)24-23(29)18-6-4-5-17(13-18)15(2)26/h4-10,12-13H,3,11,14H2,1-2H3,(H,27,28)/b10-8+,24-21?. The number of amides is 1. The fraction of sp³-hybridized carbons (Fsp3) is 0.217. The fourth-order valence-corrected chi connectivity index (χ4v) is 3.31. The minimum atomic E-state index is -1.00. The van der Waals surface area contributed by atoms with Gasteiger partial charge in [0, 0.05) is 35.9 Å². The van der Waals surface area contributed by atoms with Gasteiger partial charge < -0.3 is 10.0 Å². The topological polar surface area (TPSA) is 87.0 Å². The third-order valence-corrected chi connectivity index (χ3v) is 4.67. The third-order valence-electron chi connectivity index (χ3n) is 4.67. The second-order valence-electron chi connectivity index (χ2n) is 6.86. The summed E-state index contributed by atoms with van der Waals surface area (Å²) in [5.74, 6) is -0.837. The molecule has 0 bridgehead atoms. The molecular formula is C23H22N2O4. The first kappa shape index (κ1) is 20.2. The number of hydrogen-bond acceptors (Lipinski definition) is 3. The van der Waals surface area contributed by atoms with Crippen molar-refractivity contribution >= 4 is 35.3 Å². The second kappa shape index (κ2) is 8.65. The van der Waals surface area contributed by atoms with Gasteiger partial charge in [-0.3, -0.25) is 9.59 Å². The first-order valence-electron chi connectivity index (χ1n) is 9.43. The Hall–Kier alpha value is -3.54. The zero-order valence-corrected chi connectivity index (χ0v) is 16.4. The average molecular weight is 390 g/mol. The van der Waals surface area contributed by atoms with E-state index in [1.165, 1.54) is 6.92 Å². The van der Waals surface area contributed by atoms with Crippen molar-refractivity contribution in [1.29, 1.82) is 0 Å². The van der Waals surface area contributed by atoms with Crippen LogP contribution in [0.15, 0.2) is 53.5 Å². The molecule has 0 aliphatic carbocycles. The van der Waals surface area contributed by atoms with Crippen molar-refractivity contribution in [3.05, 3.63) is 70.8 Å². The van der Waals surface area contributed by atoms with Gasteiger partial charge in [0.2, 0.25) is 0 Å². The van der Waals surface area contributed by atoms with Crippen LogP contribution in [0, 0.1) is 0 Å². The molecule has 0 radical (unpaired) electrons. The molecule has 2 aromatic carbocycles. The molecular weight excluding hydrogens is 368 g/mol. The van der Waals surface area contributed by atoms with Crippen molar-refractivity contribution in [3.63, 3.8) is 0 Å². The van der Waals surface area contributed by atoms with Crippen LogP contribution < -0.4 is 4.90 Å². The van der Waals surface area contributed by atoms with Crippen molar-refractivity contribution in [2.75, 3.05) is 11.4 Å². The molecule has 3 rings (SSSR count). The van der Waals surface area contributed by atoms with Crippen molar-refractivity contribution in [2.24, 2.45) is 4.99 Å². The molecule has 0 fully saturated rings. The van der Waals surface area contributed by atoms with E-state index in [0.717, 1.165) is 35.9 Å². The van der Waals surface area contributed by atoms with Gasteiger partial charge in [-0.1, -0.05) is 25.1 Å². The molecule has 0 saturated heterocycles. The van der Waals surface area contributed by atoms with E-state index in [9.17, 15) is 14.4 Å². The molecule has 2 aromatic rings. The Morgan fingerprint density at radius 3 is 2.59 bits per heavy atom. The molecule has 0 aromatic heterocycles. The lowest BCUT2D eigenvalue weighted by molar-refractivity contribution is -0.131. The van der Waals surface area contributed by atoms with Gasteiger partial charge in [-0.25, -0.2) is 4.79 Å². The van der Waals surface area contributed by atoms with Gasteiger partial charge in [-0.15, -0.1) is 0 Å². The molecule has 1 aliphatic heterocycles.